The number of nitrogens with one attached hydrogen (secondary N) is 1. The van der Waals surface area contributed by atoms with Crippen molar-refractivity contribution in [3.63, 3.8) is 0 Å². The van der Waals surface area contributed by atoms with Crippen LogP contribution in [0.15, 0.2) is 5.16 Å². The van der Waals surface area contributed by atoms with Gasteiger partial charge in [-0.15, -0.1) is 0 Å². The zero-order valence-corrected chi connectivity index (χ0v) is 9.64. The Hall–Kier alpha value is -1.30. The molecule has 16 heavy (non-hydrogen) atoms. The second-order valence-electron chi connectivity index (χ2n) is 4.18. The van der Waals surface area contributed by atoms with E-state index in [1.54, 1.807) is 6.92 Å². The summed E-state index contributed by atoms with van der Waals surface area (Å²) in [5, 5.41) is 14.1. The minimum absolute atomic E-state index is 0.112. The van der Waals surface area contributed by atoms with Gasteiger partial charge in [-0.25, -0.2) is 0 Å². The summed E-state index contributed by atoms with van der Waals surface area (Å²) in [6.45, 7) is 4.07. The van der Waals surface area contributed by atoms with E-state index in [1.807, 2.05) is 6.92 Å². The number of ether oxygens (including phenoxy) is 1. The normalized spacial score (nSPS) is 27.8. The molecular formula is C10H19N3O3. The van der Waals surface area contributed by atoms with E-state index < -0.39 is 0 Å². The molecule has 3 atom stereocenters. The van der Waals surface area contributed by atoms with Crippen LogP contribution in [-0.4, -0.2) is 35.7 Å². The minimum Gasteiger partial charge on any atom is -0.409 e. The second kappa shape index (κ2) is 5.69. The Kier molecular flexibility index (Phi) is 4.54. The van der Waals surface area contributed by atoms with Gasteiger partial charge < -0.3 is 21.0 Å². The first-order valence-corrected chi connectivity index (χ1v) is 5.45. The van der Waals surface area contributed by atoms with Gasteiger partial charge in [-0.1, -0.05) is 12.1 Å². The van der Waals surface area contributed by atoms with Gasteiger partial charge in [0.25, 0.3) is 0 Å². The van der Waals surface area contributed by atoms with Crippen LogP contribution < -0.4 is 11.1 Å². The molecule has 0 spiro atoms. The van der Waals surface area contributed by atoms with Crippen LogP contribution in [0.1, 0.15) is 26.7 Å². The van der Waals surface area contributed by atoms with Gasteiger partial charge in [-0.05, 0) is 19.8 Å². The Balaban J connectivity index is 2.30. The zero-order chi connectivity index (χ0) is 12.1. The third kappa shape index (κ3) is 3.37. The standard InChI is InChI=1S/C10H19N3O3/c1-6(9(11)13-15)5-12-10(14)8-4-3-7(2)16-8/h6-8,15H,3-5H2,1-2H3,(H2,11,13)(H,12,14). The molecule has 1 amide bonds. The maximum atomic E-state index is 11.6. The first-order valence-electron chi connectivity index (χ1n) is 5.45. The summed E-state index contributed by atoms with van der Waals surface area (Å²) in [6.07, 6.45) is 1.46. The van der Waals surface area contributed by atoms with Gasteiger partial charge in [0.15, 0.2) is 0 Å². The number of amidine groups is 1. The highest BCUT2D eigenvalue weighted by atomic mass is 16.5. The van der Waals surface area contributed by atoms with Crippen LogP contribution in [0.3, 0.4) is 0 Å². The number of amides is 1. The quantitative estimate of drug-likeness (QED) is 0.275. The van der Waals surface area contributed by atoms with Crippen LogP contribution in [0.4, 0.5) is 0 Å². The summed E-state index contributed by atoms with van der Waals surface area (Å²) in [5.74, 6) is -0.198. The van der Waals surface area contributed by atoms with E-state index in [1.165, 1.54) is 0 Å². The molecule has 0 aromatic heterocycles. The lowest BCUT2D eigenvalue weighted by molar-refractivity contribution is -0.131. The molecule has 0 radical (unpaired) electrons. The van der Waals surface area contributed by atoms with Gasteiger partial charge in [-0.2, -0.15) is 0 Å². The average molecular weight is 229 g/mol. The van der Waals surface area contributed by atoms with E-state index in [-0.39, 0.29) is 29.9 Å². The molecule has 92 valence electrons. The molecule has 4 N–H and O–H groups in total. The number of nitrogens with zero attached hydrogens (tertiary/aromatic N) is 1. The Morgan fingerprint density at radius 3 is 2.88 bits per heavy atom. The SMILES string of the molecule is CC1CCC(C(=O)NCC(C)C(N)=NO)O1. The van der Waals surface area contributed by atoms with Crippen molar-refractivity contribution in [2.24, 2.45) is 16.8 Å². The Morgan fingerprint density at radius 2 is 2.38 bits per heavy atom. The van der Waals surface area contributed by atoms with Crippen molar-refractivity contribution in [2.45, 2.75) is 38.9 Å². The van der Waals surface area contributed by atoms with Crippen molar-refractivity contribution in [2.75, 3.05) is 6.54 Å². The lowest BCUT2D eigenvalue weighted by Crippen LogP contribution is -2.40. The lowest BCUT2D eigenvalue weighted by atomic mass is 10.1. The molecule has 3 unspecified atom stereocenters. The molecule has 0 aromatic carbocycles. The van der Waals surface area contributed by atoms with Gasteiger partial charge in [0, 0.05) is 12.5 Å². The van der Waals surface area contributed by atoms with Gasteiger partial charge in [0.05, 0.1) is 6.10 Å². The average Bonchev–Trinajstić information content (AvgIpc) is 2.71. The molecule has 1 fully saturated rings. The van der Waals surface area contributed by atoms with Gasteiger partial charge in [0.1, 0.15) is 11.9 Å². The molecule has 0 saturated carbocycles. The number of carbonyl (C=O) groups is 1. The summed E-state index contributed by atoms with van der Waals surface area (Å²) in [7, 11) is 0. The molecule has 1 aliphatic heterocycles. The smallest absolute Gasteiger partial charge is 0.249 e. The van der Waals surface area contributed by atoms with Crippen molar-refractivity contribution in [1.82, 2.24) is 5.32 Å². The second-order valence-corrected chi connectivity index (χ2v) is 4.18. The van der Waals surface area contributed by atoms with E-state index in [0.717, 1.165) is 12.8 Å². The number of oxime groups is 1. The molecular weight excluding hydrogens is 210 g/mol. The van der Waals surface area contributed by atoms with E-state index in [0.29, 0.717) is 6.54 Å². The summed E-state index contributed by atoms with van der Waals surface area (Å²) >= 11 is 0. The Bertz CT molecular complexity index is 280. The first-order chi connectivity index (χ1) is 7.54. The highest BCUT2D eigenvalue weighted by molar-refractivity contribution is 5.84. The predicted molar refractivity (Wildman–Crippen MR) is 59.2 cm³/mol. The van der Waals surface area contributed by atoms with Gasteiger partial charge in [-0.3, -0.25) is 4.79 Å². The molecule has 6 nitrogen and oxygen atoms in total. The molecule has 6 heteroatoms. The van der Waals surface area contributed by atoms with Crippen LogP contribution >= 0.6 is 0 Å². The van der Waals surface area contributed by atoms with Crippen molar-refractivity contribution in [3.05, 3.63) is 0 Å². The number of nitrogens with two attached hydrogens (primary N) is 1. The largest absolute Gasteiger partial charge is 0.409 e. The minimum atomic E-state index is -0.352. The molecule has 0 aliphatic carbocycles. The van der Waals surface area contributed by atoms with Crippen molar-refractivity contribution in [1.29, 1.82) is 0 Å². The maximum Gasteiger partial charge on any atom is 0.249 e. The van der Waals surface area contributed by atoms with Crippen LogP contribution in [0, 0.1) is 5.92 Å². The maximum absolute atomic E-state index is 11.6. The number of hydrogen-bond acceptors (Lipinski definition) is 4. The van der Waals surface area contributed by atoms with Gasteiger partial charge in [0.2, 0.25) is 5.91 Å². The highest BCUT2D eigenvalue weighted by Gasteiger charge is 2.28. The summed E-state index contributed by atoms with van der Waals surface area (Å²) < 4.78 is 5.42. The zero-order valence-electron chi connectivity index (χ0n) is 9.64. The molecule has 0 aromatic rings. The van der Waals surface area contributed by atoms with Crippen LogP contribution in [0.2, 0.25) is 0 Å². The van der Waals surface area contributed by atoms with E-state index in [4.69, 9.17) is 15.7 Å². The monoisotopic (exact) mass is 229 g/mol. The van der Waals surface area contributed by atoms with E-state index >= 15 is 0 Å². The third-order valence-corrected chi connectivity index (χ3v) is 2.73. The molecule has 0 bridgehead atoms. The van der Waals surface area contributed by atoms with Crippen molar-refractivity contribution >= 4 is 11.7 Å². The number of rotatable bonds is 4. The Labute approximate surface area is 94.8 Å². The molecule has 1 aliphatic rings. The predicted octanol–water partition coefficient (Wildman–Crippen LogP) is 0.0526. The fourth-order valence-electron chi connectivity index (χ4n) is 1.57. The highest BCUT2D eigenvalue weighted by Crippen LogP contribution is 2.18. The van der Waals surface area contributed by atoms with Crippen LogP contribution in [0.25, 0.3) is 0 Å². The topological polar surface area (TPSA) is 96.9 Å². The summed E-state index contributed by atoms with van der Waals surface area (Å²) in [6, 6.07) is 0. The van der Waals surface area contributed by atoms with Crippen molar-refractivity contribution < 1.29 is 14.7 Å². The first kappa shape index (κ1) is 12.8. The van der Waals surface area contributed by atoms with Crippen LogP contribution in [-0.2, 0) is 9.53 Å². The van der Waals surface area contributed by atoms with Gasteiger partial charge >= 0.3 is 0 Å². The fourth-order valence-corrected chi connectivity index (χ4v) is 1.57. The number of carbonyl (C=O) groups excluding carboxylic acids is 1. The Morgan fingerprint density at radius 1 is 1.69 bits per heavy atom. The number of hydrogen-bond donors (Lipinski definition) is 3. The third-order valence-electron chi connectivity index (χ3n) is 2.73. The molecule has 1 saturated heterocycles. The van der Waals surface area contributed by atoms with Crippen LogP contribution in [0.5, 0.6) is 0 Å². The molecule has 1 heterocycles. The molecule has 1 rings (SSSR count). The lowest BCUT2D eigenvalue weighted by Gasteiger charge is -2.14. The summed E-state index contributed by atoms with van der Waals surface area (Å²) in [5.41, 5.74) is 5.40. The van der Waals surface area contributed by atoms with E-state index in [9.17, 15) is 4.79 Å². The van der Waals surface area contributed by atoms with E-state index in [2.05, 4.69) is 10.5 Å². The van der Waals surface area contributed by atoms with Crippen molar-refractivity contribution in [3.8, 4) is 0 Å². The summed E-state index contributed by atoms with van der Waals surface area (Å²) in [4.78, 5) is 11.6. The fraction of sp³-hybridized carbons (Fsp3) is 0.800.